The molecule has 0 saturated heterocycles. The molecule has 0 unspecified atom stereocenters. The third-order valence-corrected chi connectivity index (χ3v) is 4.62. The van der Waals surface area contributed by atoms with E-state index in [2.05, 4.69) is 22.0 Å². The first-order chi connectivity index (χ1) is 12.8. The van der Waals surface area contributed by atoms with Gasteiger partial charge in [0, 0.05) is 29.5 Å². The van der Waals surface area contributed by atoms with Gasteiger partial charge in [0.1, 0.15) is 0 Å². The summed E-state index contributed by atoms with van der Waals surface area (Å²) in [5, 5.41) is 2.85. The molecule has 0 atom stereocenters. The number of carbonyl (C=O) groups excluding carboxylic acids is 2. The van der Waals surface area contributed by atoms with E-state index in [1.807, 2.05) is 52.0 Å². The zero-order valence-corrected chi connectivity index (χ0v) is 17.1. The summed E-state index contributed by atoms with van der Waals surface area (Å²) in [6.45, 7) is 9.18. The molecular formula is C22H31N3O2. The van der Waals surface area contributed by atoms with Gasteiger partial charge in [-0.15, -0.1) is 0 Å². The first kappa shape index (κ1) is 20.9. The fourth-order valence-electron chi connectivity index (χ4n) is 3.31. The molecule has 0 aliphatic heterocycles. The molecule has 1 aromatic heterocycles. The lowest BCUT2D eigenvalue weighted by Crippen LogP contribution is -2.40. The SMILES string of the molecule is Cc1cc(C(=O)CN(C)CC(=O)NC(C)C)c(C)n1CCc1ccccc1. The molecule has 1 heterocycles. The van der Waals surface area contributed by atoms with Gasteiger partial charge in [-0.25, -0.2) is 0 Å². The molecule has 1 amide bonds. The molecule has 0 bridgehead atoms. The van der Waals surface area contributed by atoms with Crippen LogP contribution in [0.1, 0.15) is 41.2 Å². The highest BCUT2D eigenvalue weighted by Crippen LogP contribution is 2.17. The van der Waals surface area contributed by atoms with Gasteiger partial charge in [0.2, 0.25) is 5.91 Å². The van der Waals surface area contributed by atoms with E-state index >= 15 is 0 Å². The molecule has 146 valence electrons. The number of nitrogens with zero attached hydrogens (tertiary/aromatic N) is 2. The zero-order valence-electron chi connectivity index (χ0n) is 17.1. The van der Waals surface area contributed by atoms with Gasteiger partial charge in [0.15, 0.2) is 5.78 Å². The number of aryl methyl sites for hydroxylation is 2. The lowest BCUT2D eigenvalue weighted by atomic mass is 10.1. The van der Waals surface area contributed by atoms with Gasteiger partial charge >= 0.3 is 0 Å². The topological polar surface area (TPSA) is 54.3 Å². The summed E-state index contributed by atoms with van der Waals surface area (Å²) >= 11 is 0. The number of likely N-dealkylation sites (N-methyl/N-ethyl adjacent to an activating group) is 1. The Bertz CT molecular complexity index is 778. The highest BCUT2D eigenvalue weighted by molar-refractivity contribution is 5.99. The Morgan fingerprint density at radius 2 is 1.78 bits per heavy atom. The van der Waals surface area contributed by atoms with Gasteiger partial charge in [-0.1, -0.05) is 30.3 Å². The predicted octanol–water partition coefficient (Wildman–Crippen LogP) is 2.99. The molecule has 0 aliphatic rings. The number of rotatable bonds is 9. The van der Waals surface area contributed by atoms with Crippen LogP contribution in [0.15, 0.2) is 36.4 Å². The predicted molar refractivity (Wildman–Crippen MR) is 109 cm³/mol. The molecular weight excluding hydrogens is 338 g/mol. The van der Waals surface area contributed by atoms with Crippen LogP contribution in [-0.2, 0) is 17.8 Å². The summed E-state index contributed by atoms with van der Waals surface area (Å²) < 4.78 is 2.20. The average molecular weight is 370 g/mol. The largest absolute Gasteiger partial charge is 0.353 e. The molecule has 0 aliphatic carbocycles. The highest BCUT2D eigenvalue weighted by Gasteiger charge is 2.18. The Morgan fingerprint density at radius 3 is 2.41 bits per heavy atom. The Balaban J connectivity index is 1.99. The van der Waals surface area contributed by atoms with E-state index in [1.54, 1.807) is 11.9 Å². The molecule has 27 heavy (non-hydrogen) atoms. The molecule has 2 rings (SSSR count). The van der Waals surface area contributed by atoms with Crippen LogP contribution in [0.5, 0.6) is 0 Å². The minimum absolute atomic E-state index is 0.0499. The van der Waals surface area contributed by atoms with E-state index in [4.69, 9.17) is 0 Å². The number of carbonyl (C=O) groups is 2. The summed E-state index contributed by atoms with van der Waals surface area (Å²) in [5.74, 6) is -0.0115. The fourth-order valence-corrected chi connectivity index (χ4v) is 3.31. The van der Waals surface area contributed by atoms with E-state index in [0.29, 0.717) is 0 Å². The van der Waals surface area contributed by atoms with Crippen molar-refractivity contribution < 1.29 is 9.59 Å². The molecule has 5 heteroatoms. The monoisotopic (exact) mass is 369 g/mol. The first-order valence-corrected chi connectivity index (χ1v) is 9.49. The number of amides is 1. The van der Waals surface area contributed by atoms with E-state index in [9.17, 15) is 9.59 Å². The molecule has 2 aromatic rings. The van der Waals surface area contributed by atoms with Crippen LogP contribution in [0, 0.1) is 13.8 Å². The Morgan fingerprint density at radius 1 is 1.11 bits per heavy atom. The van der Waals surface area contributed by atoms with Crippen LogP contribution in [0.3, 0.4) is 0 Å². The zero-order chi connectivity index (χ0) is 20.0. The Kier molecular flexibility index (Phi) is 7.36. The van der Waals surface area contributed by atoms with Gasteiger partial charge in [-0.05, 0) is 52.8 Å². The summed E-state index contributed by atoms with van der Waals surface area (Å²) in [7, 11) is 1.80. The van der Waals surface area contributed by atoms with Crippen molar-refractivity contribution in [2.75, 3.05) is 20.1 Å². The van der Waals surface area contributed by atoms with E-state index in [-0.39, 0.29) is 30.8 Å². The fraction of sp³-hybridized carbons (Fsp3) is 0.455. The third-order valence-electron chi connectivity index (χ3n) is 4.62. The first-order valence-electron chi connectivity index (χ1n) is 9.49. The number of hydrogen-bond acceptors (Lipinski definition) is 3. The molecule has 0 radical (unpaired) electrons. The van der Waals surface area contributed by atoms with E-state index in [1.165, 1.54) is 5.56 Å². The van der Waals surface area contributed by atoms with E-state index < -0.39 is 0 Å². The second kappa shape index (κ2) is 9.51. The maximum atomic E-state index is 12.7. The maximum absolute atomic E-state index is 12.7. The number of aromatic nitrogens is 1. The van der Waals surface area contributed by atoms with Gasteiger partial charge in [-0.2, -0.15) is 0 Å². The molecule has 1 N–H and O–H groups in total. The van der Waals surface area contributed by atoms with Gasteiger partial charge in [0.25, 0.3) is 0 Å². The smallest absolute Gasteiger partial charge is 0.234 e. The van der Waals surface area contributed by atoms with Crippen LogP contribution in [0.4, 0.5) is 0 Å². The number of ketones is 1. The quantitative estimate of drug-likeness (QED) is 0.692. The molecule has 0 spiro atoms. The molecule has 0 fully saturated rings. The lowest BCUT2D eigenvalue weighted by molar-refractivity contribution is -0.122. The van der Waals surface area contributed by atoms with Crippen molar-refractivity contribution in [1.82, 2.24) is 14.8 Å². The second-order valence-electron chi connectivity index (χ2n) is 7.49. The van der Waals surface area contributed by atoms with Gasteiger partial charge < -0.3 is 9.88 Å². The number of nitrogens with one attached hydrogen (secondary N) is 1. The van der Waals surface area contributed by atoms with Crippen molar-refractivity contribution in [2.45, 2.75) is 46.7 Å². The van der Waals surface area contributed by atoms with Crippen molar-refractivity contribution in [3.05, 3.63) is 58.9 Å². The van der Waals surface area contributed by atoms with Crippen LogP contribution in [0.25, 0.3) is 0 Å². The minimum Gasteiger partial charge on any atom is -0.353 e. The van der Waals surface area contributed by atoms with Gasteiger partial charge in [0.05, 0.1) is 13.1 Å². The van der Waals surface area contributed by atoms with Crippen LogP contribution < -0.4 is 5.32 Å². The number of benzene rings is 1. The summed E-state index contributed by atoms with van der Waals surface area (Å²) in [6.07, 6.45) is 0.931. The van der Waals surface area contributed by atoms with Crippen LogP contribution >= 0.6 is 0 Å². The number of hydrogen-bond donors (Lipinski definition) is 1. The Hall–Kier alpha value is -2.40. The second-order valence-corrected chi connectivity index (χ2v) is 7.49. The highest BCUT2D eigenvalue weighted by atomic mass is 16.2. The molecule has 0 saturated carbocycles. The molecule has 1 aromatic carbocycles. The van der Waals surface area contributed by atoms with Gasteiger partial charge in [-0.3, -0.25) is 14.5 Å². The van der Waals surface area contributed by atoms with Crippen molar-refractivity contribution in [3.8, 4) is 0 Å². The number of Topliss-reactive ketones (excluding diaryl/α,β-unsaturated/α-hetero) is 1. The standard InChI is InChI=1S/C22H31N3O2/c1-16(2)23-22(27)15-24(5)14-21(26)20-13-17(3)25(18(20)4)12-11-19-9-7-6-8-10-19/h6-10,13,16H,11-12,14-15H2,1-5H3,(H,23,27). The lowest BCUT2D eigenvalue weighted by Gasteiger charge is -2.17. The summed E-state index contributed by atoms with van der Waals surface area (Å²) in [5.41, 5.74) is 4.12. The minimum atomic E-state index is -0.0615. The van der Waals surface area contributed by atoms with Crippen molar-refractivity contribution in [2.24, 2.45) is 0 Å². The molecule has 5 nitrogen and oxygen atoms in total. The van der Waals surface area contributed by atoms with Crippen molar-refractivity contribution in [1.29, 1.82) is 0 Å². The van der Waals surface area contributed by atoms with Crippen molar-refractivity contribution >= 4 is 11.7 Å². The van der Waals surface area contributed by atoms with Crippen LogP contribution in [-0.4, -0.2) is 47.3 Å². The van der Waals surface area contributed by atoms with E-state index in [0.717, 1.165) is 29.9 Å². The maximum Gasteiger partial charge on any atom is 0.234 e. The average Bonchev–Trinajstić information content (AvgIpc) is 2.87. The normalized spacial score (nSPS) is 11.2. The van der Waals surface area contributed by atoms with Crippen LogP contribution in [0.2, 0.25) is 0 Å². The summed E-state index contributed by atoms with van der Waals surface area (Å²) in [4.78, 5) is 26.4. The Labute approximate surface area is 162 Å². The van der Waals surface area contributed by atoms with Crippen molar-refractivity contribution in [3.63, 3.8) is 0 Å². The third kappa shape index (κ3) is 6.07. The summed E-state index contributed by atoms with van der Waals surface area (Å²) in [6, 6.07) is 12.4.